The molecule has 2 aromatic rings. The minimum Gasteiger partial charge on any atom is -0.308 e. The summed E-state index contributed by atoms with van der Waals surface area (Å²) < 4.78 is 0. The van der Waals surface area contributed by atoms with Crippen molar-refractivity contribution in [2.24, 2.45) is 0 Å². The highest BCUT2D eigenvalue weighted by Gasteiger charge is 2.14. The first-order valence-electron chi connectivity index (χ1n) is 7.90. The lowest BCUT2D eigenvalue weighted by Gasteiger charge is -2.19. The summed E-state index contributed by atoms with van der Waals surface area (Å²) in [6, 6.07) is 15.5. The highest BCUT2D eigenvalue weighted by Crippen LogP contribution is 2.30. The minimum atomic E-state index is -0.198. The number of amides is 2. The van der Waals surface area contributed by atoms with E-state index in [2.05, 4.69) is 49.6 Å². The van der Waals surface area contributed by atoms with Gasteiger partial charge in [-0.1, -0.05) is 57.2 Å². The van der Waals surface area contributed by atoms with Crippen molar-refractivity contribution >= 4 is 17.4 Å². The lowest BCUT2D eigenvalue weighted by Crippen LogP contribution is -2.21. The fourth-order valence-electron chi connectivity index (χ4n) is 2.50. The molecule has 0 aliphatic carbocycles. The van der Waals surface area contributed by atoms with Gasteiger partial charge in [0.25, 0.3) is 0 Å². The largest absolute Gasteiger partial charge is 0.323 e. The Bertz CT molecular complexity index is 623. The van der Waals surface area contributed by atoms with Crippen LogP contribution in [0.1, 0.15) is 44.2 Å². The van der Waals surface area contributed by atoms with E-state index in [1.807, 2.05) is 30.3 Å². The molecule has 0 unspecified atom stereocenters. The molecule has 3 heteroatoms. The Balaban J connectivity index is 2.22. The second-order valence-electron chi connectivity index (χ2n) is 5.49. The molecular formula is C19H24N2O. The van der Waals surface area contributed by atoms with Crippen LogP contribution >= 0.6 is 0 Å². The van der Waals surface area contributed by atoms with Crippen LogP contribution in [0.15, 0.2) is 48.5 Å². The molecule has 3 nitrogen and oxygen atoms in total. The van der Waals surface area contributed by atoms with E-state index in [4.69, 9.17) is 0 Å². The third-order valence-corrected chi connectivity index (χ3v) is 3.98. The molecule has 2 amide bonds. The maximum absolute atomic E-state index is 12.3. The monoisotopic (exact) mass is 296 g/mol. The molecule has 0 fully saturated rings. The van der Waals surface area contributed by atoms with Crippen LogP contribution in [0.3, 0.4) is 0 Å². The predicted molar refractivity (Wildman–Crippen MR) is 93.6 cm³/mol. The Morgan fingerprint density at radius 2 is 1.73 bits per heavy atom. The van der Waals surface area contributed by atoms with E-state index >= 15 is 0 Å². The normalized spacial score (nSPS) is 11.8. The van der Waals surface area contributed by atoms with E-state index in [9.17, 15) is 4.79 Å². The average Bonchev–Trinajstić information content (AvgIpc) is 2.55. The molecule has 22 heavy (non-hydrogen) atoms. The van der Waals surface area contributed by atoms with Crippen molar-refractivity contribution in [2.45, 2.75) is 39.5 Å². The number of hydrogen-bond acceptors (Lipinski definition) is 1. The molecule has 0 bridgehead atoms. The van der Waals surface area contributed by atoms with Gasteiger partial charge in [-0.05, 0) is 42.0 Å². The van der Waals surface area contributed by atoms with Gasteiger partial charge in [0.05, 0.1) is 0 Å². The standard InChI is InChI=1S/C19H24N2O/c1-4-14(3)17-13-9-10-15(5-2)18(17)21-19(22)20-16-11-7-6-8-12-16/h6-14H,4-5H2,1-3H3,(H2,20,21,22)/t14-/m0/s1. The maximum Gasteiger partial charge on any atom is 0.323 e. The number of anilines is 2. The van der Waals surface area contributed by atoms with E-state index in [-0.39, 0.29) is 6.03 Å². The molecule has 0 saturated carbocycles. The van der Waals surface area contributed by atoms with Gasteiger partial charge in [-0.2, -0.15) is 0 Å². The molecule has 0 heterocycles. The van der Waals surface area contributed by atoms with Gasteiger partial charge in [0.15, 0.2) is 0 Å². The Hall–Kier alpha value is -2.29. The number of carbonyl (C=O) groups excluding carboxylic acids is 1. The highest BCUT2D eigenvalue weighted by atomic mass is 16.2. The Morgan fingerprint density at radius 1 is 1.00 bits per heavy atom. The van der Waals surface area contributed by atoms with Crippen LogP contribution in [-0.4, -0.2) is 6.03 Å². The zero-order valence-corrected chi connectivity index (χ0v) is 13.5. The van der Waals surface area contributed by atoms with E-state index in [1.54, 1.807) is 0 Å². The average molecular weight is 296 g/mol. The van der Waals surface area contributed by atoms with E-state index in [0.29, 0.717) is 5.92 Å². The van der Waals surface area contributed by atoms with Gasteiger partial charge in [-0.3, -0.25) is 0 Å². The summed E-state index contributed by atoms with van der Waals surface area (Å²) in [5, 5.41) is 5.92. The second kappa shape index (κ2) is 7.64. The van der Waals surface area contributed by atoms with Crippen LogP contribution < -0.4 is 10.6 Å². The van der Waals surface area contributed by atoms with Crippen LogP contribution in [-0.2, 0) is 6.42 Å². The smallest absolute Gasteiger partial charge is 0.308 e. The Morgan fingerprint density at radius 3 is 2.36 bits per heavy atom. The third-order valence-electron chi connectivity index (χ3n) is 3.98. The summed E-state index contributed by atoms with van der Waals surface area (Å²) in [6.45, 7) is 6.46. The third kappa shape index (κ3) is 3.88. The lowest BCUT2D eigenvalue weighted by molar-refractivity contribution is 0.262. The molecule has 0 saturated heterocycles. The number of carbonyl (C=O) groups is 1. The SMILES string of the molecule is CCc1cccc([C@@H](C)CC)c1NC(=O)Nc1ccccc1. The van der Waals surface area contributed by atoms with Crippen molar-refractivity contribution in [3.05, 3.63) is 59.7 Å². The molecule has 116 valence electrons. The van der Waals surface area contributed by atoms with Crippen molar-refractivity contribution < 1.29 is 4.79 Å². The van der Waals surface area contributed by atoms with Gasteiger partial charge in [-0.15, -0.1) is 0 Å². The molecule has 2 aromatic carbocycles. The molecule has 2 rings (SSSR count). The van der Waals surface area contributed by atoms with Crippen LogP contribution in [0.25, 0.3) is 0 Å². The molecule has 0 radical (unpaired) electrons. The van der Waals surface area contributed by atoms with Gasteiger partial charge >= 0.3 is 6.03 Å². The number of nitrogens with one attached hydrogen (secondary N) is 2. The number of rotatable bonds is 5. The zero-order chi connectivity index (χ0) is 15.9. The summed E-state index contributed by atoms with van der Waals surface area (Å²) >= 11 is 0. The summed E-state index contributed by atoms with van der Waals surface area (Å²) in [4.78, 5) is 12.3. The van der Waals surface area contributed by atoms with Gasteiger partial charge in [0.1, 0.15) is 0 Å². The molecule has 0 aliphatic heterocycles. The summed E-state index contributed by atoms with van der Waals surface area (Å²) in [5.74, 6) is 0.415. The number of benzene rings is 2. The summed E-state index contributed by atoms with van der Waals surface area (Å²) in [6.07, 6.45) is 1.94. The highest BCUT2D eigenvalue weighted by molar-refractivity contribution is 6.00. The molecule has 0 aromatic heterocycles. The van der Waals surface area contributed by atoms with Crippen molar-refractivity contribution in [1.82, 2.24) is 0 Å². The van der Waals surface area contributed by atoms with Crippen LogP contribution in [0.4, 0.5) is 16.2 Å². The number of para-hydroxylation sites is 2. The van der Waals surface area contributed by atoms with Gasteiger partial charge in [0.2, 0.25) is 0 Å². The minimum absolute atomic E-state index is 0.198. The molecule has 2 N–H and O–H groups in total. The first-order chi connectivity index (χ1) is 10.7. The molecule has 0 spiro atoms. The van der Waals surface area contributed by atoms with E-state index in [0.717, 1.165) is 24.2 Å². The fraction of sp³-hybridized carbons (Fsp3) is 0.316. The van der Waals surface area contributed by atoms with Gasteiger partial charge in [-0.25, -0.2) is 4.79 Å². The summed E-state index contributed by atoms with van der Waals surface area (Å²) in [7, 11) is 0. The topological polar surface area (TPSA) is 41.1 Å². The van der Waals surface area contributed by atoms with Gasteiger partial charge < -0.3 is 10.6 Å². The van der Waals surface area contributed by atoms with Crippen molar-refractivity contribution in [3.8, 4) is 0 Å². The van der Waals surface area contributed by atoms with E-state index in [1.165, 1.54) is 11.1 Å². The van der Waals surface area contributed by atoms with Crippen molar-refractivity contribution in [3.63, 3.8) is 0 Å². The molecule has 0 aliphatic rings. The summed E-state index contributed by atoms with van der Waals surface area (Å²) in [5.41, 5.74) is 4.11. The number of aryl methyl sites for hydroxylation is 1. The number of hydrogen-bond donors (Lipinski definition) is 2. The van der Waals surface area contributed by atoms with Crippen molar-refractivity contribution in [2.75, 3.05) is 10.6 Å². The Labute approximate surface area is 132 Å². The van der Waals surface area contributed by atoms with Crippen molar-refractivity contribution in [1.29, 1.82) is 0 Å². The quantitative estimate of drug-likeness (QED) is 0.761. The second-order valence-corrected chi connectivity index (χ2v) is 5.49. The zero-order valence-electron chi connectivity index (χ0n) is 13.5. The predicted octanol–water partition coefficient (Wildman–Crippen LogP) is 5.41. The fourth-order valence-corrected chi connectivity index (χ4v) is 2.50. The first-order valence-corrected chi connectivity index (χ1v) is 7.90. The Kier molecular flexibility index (Phi) is 5.59. The lowest BCUT2D eigenvalue weighted by atomic mass is 9.93. The van der Waals surface area contributed by atoms with E-state index < -0.39 is 0 Å². The van der Waals surface area contributed by atoms with Crippen LogP contribution in [0.5, 0.6) is 0 Å². The first kappa shape index (κ1) is 16.1. The maximum atomic E-state index is 12.3. The van der Waals surface area contributed by atoms with Crippen LogP contribution in [0.2, 0.25) is 0 Å². The number of urea groups is 1. The van der Waals surface area contributed by atoms with Crippen LogP contribution in [0, 0.1) is 0 Å². The molecular weight excluding hydrogens is 272 g/mol. The molecule has 1 atom stereocenters. The van der Waals surface area contributed by atoms with Gasteiger partial charge in [0, 0.05) is 11.4 Å².